The van der Waals surface area contributed by atoms with Crippen LogP contribution in [0, 0.1) is 10.1 Å². The van der Waals surface area contributed by atoms with Gasteiger partial charge in [-0.15, -0.1) is 0 Å². The van der Waals surface area contributed by atoms with Crippen LogP contribution >= 0.6 is 0 Å². The maximum atomic E-state index is 12.9. The summed E-state index contributed by atoms with van der Waals surface area (Å²) in [5, 5.41) is 13.9. The second kappa shape index (κ2) is 7.10. The van der Waals surface area contributed by atoms with Crippen LogP contribution in [0.3, 0.4) is 0 Å². The number of fused-ring (bicyclic) bond motifs is 2. The van der Waals surface area contributed by atoms with Crippen molar-refractivity contribution in [2.75, 3.05) is 13.7 Å². The topological polar surface area (TPSA) is 113 Å². The molecule has 9 nitrogen and oxygen atoms in total. The molecule has 0 spiro atoms. The van der Waals surface area contributed by atoms with Crippen molar-refractivity contribution in [2.24, 2.45) is 0 Å². The van der Waals surface area contributed by atoms with Crippen molar-refractivity contribution in [3.05, 3.63) is 74.8 Å². The minimum absolute atomic E-state index is 0.0121. The van der Waals surface area contributed by atoms with Crippen molar-refractivity contribution in [2.45, 2.75) is 19.0 Å². The number of likely N-dealkylation sites (N-methyl/N-ethyl adjacent to an activating group) is 1. The highest BCUT2D eigenvalue weighted by Crippen LogP contribution is 2.32. The molecule has 0 bridgehead atoms. The second-order valence-electron chi connectivity index (χ2n) is 6.99. The van der Waals surface area contributed by atoms with Crippen LogP contribution in [0.15, 0.2) is 42.5 Å². The van der Waals surface area contributed by atoms with Crippen LogP contribution in [0.4, 0.5) is 5.69 Å². The van der Waals surface area contributed by atoms with Gasteiger partial charge in [0.15, 0.2) is 0 Å². The molecule has 9 heteroatoms. The Labute approximate surface area is 166 Å². The lowest BCUT2D eigenvalue weighted by Gasteiger charge is -2.37. The lowest BCUT2D eigenvalue weighted by Crippen LogP contribution is -2.53. The molecule has 148 valence electrons. The predicted molar refractivity (Wildman–Crippen MR) is 102 cm³/mol. The van der Waals surface area contributed by atoms with E-state index in [-0.39, 0.29) is 23.7 Å². The molecule has 3 amide bonds. The number of amides is 3. The maximum Gasteiger partial charge on any atom is 0.282 e. The third-order valence-corrected chi connectivity index (χ3v) is 5.39. The van der Waals surface area contributed by atoms with E-state index in [1.54, 1.807) is 4.90 Å². The van der Waals surface area contributed by atoms with E-state index >= 15 is 0 Å². The monoisotopic (exact) mass is 394 g/mol. The van der Waals surface area contributed by atoms with Gasteiger partial charge in [-0.05, 0) is 23.6 Å². The maximum absolute atomic E-state index is 12.9. The first kappa shape index (κ1) is 18.8. The molecule has 2 aromatic rings. The van der Waals surface area contributed by atoms with Gasteiger partial charge in [0, 0.05) is 19.7 Å². The van der Waals surface area contributed by atoms with Crippen molar-refractivity contribution < 1.29 is 19.3 Å². The summed E-state index contributed by atoms with van der Waals surface area (Å²) in [5.74, 6) is -1.53. The van der Waals surface area contributed by atoms with Crippen molar-refractivity contribution in [3.8, 4) is 0 Å². The fourth-order valence-electron chi connectivity index (χ4n) is 3.93. The third-order valence-electron chi connectivity index (χ3n) is 5.39. The highest BCUT2D eigenvalue weighted by molar-refractivity contribution is 6.23. The number of hydrogen-bond acceptors (Lipinski definition) is 6. The fourth-order valence-corrected chi connectivity index (χ4v) is 3.93. The molecule has 2 aliphatic rings. The van der Waals surface area contributed by atoms with Gasteiger partial charge < -0.3 is 5.32 Å². The normalized spacial score (nSPS) is 18.4. The predicted octanol–water partition coefficient (Wildman–Crippen LogP) is 1.32. The quantitative estimate of drug-likeness (QED) is 0.475. The summed E-state index contributed by atoms with van der Waals surface area (Å²) in [6.45, 7) is 0.250. The molecule has 2 aliphatic heterocycles. The van der Waals surface area contributed by atoms with Gasteiger partial charge in [0.05, 0.1) is 23.2 Å². The largest absolute Gasteiger partial charge is 0.358 e. The fraction of sp³-hybridized carbons (Fsp3) is 0.250. The Morgan fingerprint density at radius 1 is 1.14 bits per heavy atom. The molecule has 0 aromatic heterocycles. The van der Waals surface area contributed by atoms with Crippen LogP contribution in [0.2, 0.25) is 0 Å². The Morgan fingerprint density at radius 2 is 1.86 bits per heavy atom. The van der Waals surface area contributed by atoms with Crippen molar-refractivity contribution in [1.29, 1.82) is 0 Å². The molecule has 1 N–H and O–H groups in total. The number of nitro benzene ring substituents is 1. The van der Waals surface area contributed by atoms with E-state index in [0.717, 1.165) is 16.0 Å². The minimum Gasteiger partial charge on any atom is -0.358 e. The van der Waals surface area contributed by atoms with Crippen LogP contribution in [-0.2, 0) is 17.8 Å². The number of carbonyl (C=O) groups excluding carboxylic acids is 3. The molecule has 0 unspecified atom stereocenters. The van der Waals surface area contributed by atoms with Crippen LogP contribution in [0.25, 0.3) is 0 Å². The van der Waals surface area contributed by atoms with E-state index < -0.39 is 28.5 Å². The van der Waals surface area contributed by atoms with Crippen molar-refractivity contribution >= 4 is 23.4 Å². The van der Waals surface area contributed by atoms with Crippen molar-refractivity contribution in [1.82, 2.24) is 15.1 Å². The molecule has 4 rings (SSSR count). The Balaban J connectivity index is 1.67. The second-order valence-corrected chi connectivity index (χ2v) is 6.99. The first-order valence-electron chi connectivity index (χ1n) is 9.08. The average Bonchev–Trinajstić information content (AvgIpc) is 2.97. The van der Waals surface area contributed by atoms with Gasteiger partial charge in [0.1, 0.15) is 5.56 Å². The van der Waals surface area contributed by atoms with Gasteiger partial charge >= 0.3 is 0 Å². The van der Waals surface area contributed by atoms with Crippen molar-refractivity contribution in [3.63, 3.8) is 0 Å². The molecule has 0 aliphatic carbocycles. The number of nitrogens with one attached hydrogen (secondary N) is 1. The Kier molecular flexibility index (Phi) is 4.59. The van der Waals surface area contributed by atoms with Gasteiger partial charge in [-0.2, -0.15) is 0 Å². The lowest BCUT2D eigenvalue weighted by molar-refractivity contribution is -0.385. The molecular formula is C20H18N4O5. The third kappa shape index (κ3) is 3.05. The van der Waals surface area contributed by atoms with Crippen LogP contribution in [0.1, 0.15) is 31.8 Å². The van der Waals surface area contributed by atoms with Gasteiger partial charge in [0.2, 0.25) is 5.91 Å². The standard InChI is InChI=1S/C20H18N4O5/c1-21-18(25)16-9-12-5-2-3-6-13(12)10-22(16)11-23-19(26)14-7-4-8-15(24(28)29)17(14)20(23)27/h2-8,16H,9-11H2,1H3,(H,21,25)/t16-/m1/s1. The zero-order valence-electron chi connectivity index (χ0n) is 15.6. The zero-order valence-corrected chi connectivity index (χ0v) is 15.6. The molecule has 2 heterocycles. The summed E-state index contributed by atoms with van der Waals surface area (Å²) in [6.07, 6.45) is 0.444. The Bertz CT molecular complexity index is 1050. The summed E-state index contributed by atoms with van der Waals surface area (Å²) < 4.78 is 0. The molecule has 0 saturated carbocycles. The summed E-state index contributed by atoms with van der Waals surface area (Å²) in [4.78, 5) is 51.5. The van der Waals surface area contributed by atoms with Crippen LogP contribution in [-0.4, -0.2) is 52.2 Å². The van der Waals surface area contributed by atoms with Gasteiger partial charge in [-0.25, -0.2) is 0 Å². The highest BCUT2D eigenvalue weighted by Gasteiger charge is 2.43. The summed E-state index contributed by atoms with van der Waals surface area (Å²) >= 11 is 0. The molecule has 0 fully saturated rings. The number of hydrogen-bond donors (Lipinski definition) is 1. The van der Waals surface area contributed by atoms with E-state index in [2.05, 4.69) is 5.32 Å². The van der Waals surface area contributed by atoms with E-state index in [4.69, 9.17) is 0 Å². The first-order valence-corrected chi connectivity index (χ1v) is 9.08. The zero-order chi connectivity index (χ0) is 20.7. The van der Waals surface area contributed by atoms with E-state index in [0.29, 0.717) is 13.0 Å². The van der Waals surface area contributed by atoms with Crippen LogP contribution < -0.4 is 5.32 Å². The van der Waals surface area contributed by atoms with E-state index in [1.807, 2.05) is 24.3 Å². The van der Waals surface area contributed by atoms with Gasteiger partial charge in [-0.3, -0.25) is 34.3 Å². The molecule has 0 saturated heterocycles. The molecular weight excluding hydrogens is 376 g/mol. The SMILES string of the molecule is CNC(=O)[C@H]1Cc2ccccc2CN1CN1C(=O)c2cccc([N+](=O)[O-])c2C1=O. The highest BCUT2D eigenvalue weighted by atomic mass is 16.6. The number of nitro groups is 1. The molecule has 0 radical (unpaired) electrons. The summed E-state index contributed by atoms with van der Waals surface area (Å²) in [5.41, 5.74) is 1.47. The molecule has 2 aromatic carbocycles. The van der Waals surface area contributed by atoms with Gasteiger partial charge in [-0.1, -0.05) is 30.3 Å². The van der Waals surface area contributed by atoms with E-state index in [9.17, 15) is 24.5 Å². The smallest absolute Gasteiger partial charge is 0.282 e. The number of nitrogens with zero attached hydrogens (tertiary/aromatic N) is 3. The number of carbonyl (C=O) groups is 3. The Hall–Kier alpha value is -3.59. The minimum atomic E-state index is -0.716. The molecule has 1 atom stereocenters. The average molecular weight is 394 g/mol. The summed E-state index contributed by atoms with van der Waals surface area (Å²) in [7, 11) is 1.53. The number of rotatable bonds is 4. The molecule has 29 heavy (non-hydrogen) atoms. The summed E-state index contributed by atoms with van der Waals surface area (Å²) in [6, 6.07) is 11.1. The first-order chi connectivity index (χ1) is 13.9. The number of imide groups is 1. The van der Waals surface area contributed by atoms with Crippen LogP contribution in [0.5, 0.6) is 0 Å². The Morgan fingerprint density at radius 3 is 2.55 bits per heavy atom. The number of benzene rings is 2. The lowest BCUT2D eigenvalue weighted by atomic mass is 9.94. The van der Waals surface area contributed by atoms with E-state index in [1.165, 1.54) is 25.2 Å². The van der Waals surface area contributed by atoms with Gasteiger partial charge in [0.25, 0.3) is 17.5 Å².